The van der Waals surface area contributed by atoms with E-state index in [9.17, 15) is 0 Å². The van der Waals surface area contributed by atoms with Crippen molar-refractivity contribution in [3.63, 3.8) is 0 Å². The summed E-state index contributed by atoms with van der Waals surface area (Å²) in [5.74, 6) is 0. The van der Waals surface area contributed by atoms with Crippen LogP contribution in [0, 0.1) is 23.5 Å². The van der Waals surface area contributed by atoms with Crippen molar-refractivity contribution in [2.24, 2.45) is 0 Å². The van der Waals surface area contributed by atoms with Gasteiger partial charge in [0.25, 0.3) is 0 Å². The van der Waals surface area contributed by atoms with Crippen molar-refractivity contribution in [2.75, 3.05) is 0 Å². The summed E-state index contributed by atoms with van der Waals surface area (Å²) < 4.78 is 6.19. The summed E-state index contributed by atoms with van der Waals surface area (Å²) in [6.45, 7) is 13.2. The molecule has 1 radical (unpaired) electrons. The SMILES string of the molecule is CC(C)(C)c1c[c-]c(-c2ccc(C#N)cn2)cc1.CC(C)(C)c1ccc2c(c1)oc1c(-c3[c-]cccc3)nccc12.[Ir]. The van der Waals surface area contributed by atoms with Gasteiger partial charge in [0, 0.05) is 49.0 Å². The van der Waals surface area contributed by atoms with Gasteiger partial charge in [-0.25, -0.2) is 0 Å². The summed E-state index contributed by atoms with van der Waals surface area (Å²) in [5.41, 5.74) is 8.66. The van der Waals surface area contributed by atoms with Crippen molar-refractivity contribution in [2.45, 2.75) is 52.4 Å². The van der Waals surface area contributed by atoms with Gasteiger partial charge in [-0.15, -0.1) is 71.3 Å². The van der Waals surface area contributed by atoms with E-state index in [1.165, 1.54) is 11.1 Å². The molecule has 0 N–H and O–H groups in total. The van der Waals surface area contributed by atoms with E-state index >= 15 is 0 Å². The molecule has 213 valence electrons. The fourth-order valence-corrected chi connectivity index (χ4v) is 4.57. The van der Waals surface area contributed by atoms with Crippen LogP contribution in [0.5, 0.6) is 0 Å². The number of furan rings is 1. The maximum Gasteiger partial charge on any atom is 0.134 e. The van der Waals surface area contributed by atoms with Gasteiger partial charge in [0.2, 0.25) is 0 Å². The Kier molecular flexibility index (Phi) is 9.12. The zero-order chi connectivity index (χ0) is 29.2. The molecule has 3 aromatic heterocycles. The Bertz CT molecular complexity index is 1840. The van der Waals surface area contributed by atoms with E-state index in [0.29, 0.717) is 5.56 Å². The predicted molar refractivity (Wildman–Crippen MR) is 166 cm³/mol. The molecule has 0 spiro atoms. The molecule has 6 aromatic rings. The minimum atomic E-state index is 0. The smallest absolute Gasteiger partial charge is 0.134 e. The van der Waals surface area contributed by atoms with Gasteiger partial charge in [-0.1, -0.05) is 59.7 Å². The fraction of sp³-hybridized carbons (Fsp3) is 0.216. The maximum absolute atomic E-state index is 8.73. The van der Waals surface area contributed by atoms with Gasteiger partial charge >= 0.3 is 0 Å². The predicted octanol–water partition coefficient (Wildman–Crippen LogP) is 9.46. The van der Waals surface area contributed by atoms with E-state index in [1.54, 1.807) is 12.3 Å². The van der Waals surface area contributed by atoms with Gasteiger partial charge in [0.1, 0.15) is 17.2 Å². The van der Waals surface area contributed by atoms with Gasteiger partial charge in [-0.05, 0) is 40.3 Å². The second-order valence-electron chi connectivity index (χ2n) is 12.2. The van der Waals surface area contributed by atoms with E-state index in [-0.39, 0.29) is 30.9 Å². The summed E-state index contributed by atoms with van der Waals surface area (Å²) in [6, 6.07) is 34.7. The first-order chi connectivity index (χ1) is 19.5. The van der Waals surface area contributed by atoms with Crippen molar-refractivity contribution in [3.05, 3.63) is 120 Å². The first-order valence-corrected chi connectivity index (χ1v) is 13.7. The minimum absolute atomic E-state index is 0. The Hall–Kier alpha value is -4.10. The molecular weight excluding hydrogens is 695 g/mol. The van der Waals surface area contributed by atoms with Gasteiger partial charge in [0.15, 0.2) is 0 Å². The molecule has 0 bridgehead atoms. The topological polar surface area (TPSA) is 62.7 Å². The van der Waals surface area contributed by atoms with Crippen LogP contribution in [0.1, 0.15) is 58.2 Å². The first kappa shape index (κ1) is 30.8. The number of nitrogens with zero attached hydrogens (tertiary/aromatic N) is 3. The largest absolute Gasteiger partial charge is 0.464 e. The Labute approximate surface area is 261 Å². The number of nitriles is 1. The number of aromatic nitrogens is 2. The molecule has 0 fully saturated rings. The summed E-state index contributed by atoms with van der Waals surface area (Å²) in [4.78, 5) is 8.78. The van der Waals surface area contributed by atoms with Crippen molar-refractivity contribution >= 4 is 21.9 Å². The van der Waals surface area contributed by atoms with Crippen LogP contribution >= 0.6 is 0 Å². The Morgan fingerprint density at radius 1 is 0.762 bits per heavy atom. The molecule has 0 atom stereocenters. The zero-order valence-electron chi connectivity index (χ0n) is 24.7. The summed E-state index contributed by atoms with van der Waals surface area (Å²) in [6.07, 6.45) is 3.42. The molecule has 0 saturated carbocycles. The zero-order valence-corrected chi connectivity index (χ0v) is 27.1. The van der Waals surface area contributed by atoms with Crippen LogP contribution in [0.3, 0.4) is 0 Å². The summed E-state index contributed by atoms with van der Waals surface area (Å²) in [5, 5.41) is 11.0. The van der Waals surface area contributed by atoms with Crippen LogP contribution in [0.25, 0.3) is 44.5 Å². The molecule has 0 aliphatic rings. The summed E-state index contributed by atoms with van der Waals surface area (Å²) in [7, 11) is 0. The number of pyridine rings is 2. The number of hydrogen-bond acceptors (Lipinski definition) is 4. The van der Waals surface area contributed by atoms with Crippen LogP contribution in [0.4, 0.5) is 0 Å². The molecule has 4 nitrogen and oxygen atoms in total. The van der Waals surface area contributed by atoms with Gasteiger partial charge in [0.05, 0.1) is 5.56 Å². The monoisotopic (exact) mass is 728 g/mol. The number of fused-ring (bicyclic) bond motifs is 3. The minimum Gasteiger partial charge on any atom is -0.464 e. The fourth-order valence-electron chi connectivity index (χ4n) is 4.57. The average molecular weight is 728 g/mol. The molecule has 0 unspecified atom stereocenters. The van der Waals surface area contributed by atoms with Crippen molar-refractivity contribution in [1.29, 1.82) is 5.26 Å². The van der Waals surface area contributed by atoms with Crippen LogP contribution in [0.15, 0.2) is 95.7 Å². The molecule has 0 aliphatic heterocycles. The Morgan fingerprint density at radius 3 is 2.12 bits per heavy atom. The van der Waals surface area contributed by atoms with Crippen LogP contribution in [-0.2, 0) is 30.9 Å². The molecule has 5 heteroatoms. The maximum atomic E-state index is 8.73. The Morgan fingerprint density at radius 2 is 1.52 bits per heavy atom. The molecule has 42 heavy (non-hydrogen) atoms. The molecule has 6 rings (SSSR count). The molecule has 0 saturated heterocycles. The third kappa shape index (κ3) is 6.68. The standard InChI is InChI=1S/C21H18NO.C16H15N2.Ir/c1-21(2,3)15-9-10-16-17-11-12-22-19(14-7-5-4-6-8-14)20(17)23-18(16)13-15;1-16(2,3)14-7-5-13(6-8-14)15-9-4-12(10-17)11-18-15;/h4-7,9-13H,1-3H3;4-5,7-9,11H,1-3H3;/q2*-1;. The third-order valence-corrected chi connectivity index (χ3v) is 7.07. The van der Waals surface area contributed by atoms with Crippen molar-refractivity contribution in [1.82, 2.24) is 9.97 Å². The first-order valence-electron chi connectivity index (χ1n) is 13.7. The molecule has 0 amide bonds. The molecular formula is C37H33IrN3O-2. The molecule has 3 aromatic carbocycles. The van der Waals surface area contributed by atoms with Crippen molar-refractivity contribution in [3.8, 4) is 28.6 Å². The number of benzene rings is 3. The quantitative estimate of drug-likeness (QED) is 0.167. The van der Waals surface area contributed by atoms with E-state index in [2.05, 4.69) is 94.0 Å². The van der Waals surface area contributed by atoms with Crippen LogP contribution < -0.4 is 0 Å². The number of rotatable bonds is 2. The third-order valence-electron chi connectivity index (χ3n) is 7.07. The van der Waals surface area contributed by atoms with Gasteiger partial charge in [-0.3, -0.25) is 0 Å². The second-order valence-corrected chi connectivity index (χ2v) is 12.2. The normalized spacial score (nSPS) is 11.4. The molecule has 3 heterocycles. The van der Waals surface area contributed by atoms with Gasteiger partial charge in [-0.2, -0.15) is 5.26 Å². The van der Waals surface area contributed by atoms with Gasteiger partial charge < -0.3 is 14.4 Å². The summed E-state index contributed by atoms with van der Waals surface area (Å²) >= 11 is 0. The average Bonchev–Trinajstić information content (AvgIpc) is 3.35. The Balaban J connectivity index is 0.000000194. The van der Waals surface area contributed by atoms with Crippen LogP contribution in [-0.4, -0.2) is 9.97 Å². The van der Waals surface area contributed by atoms with E-state index in [4.69, 9.17) is 9.68 Å². The van der Waals surface area contributed by atoms with E-state index in [1.807, 2.05) is 54.7 Å². The van der Waals surface area contributed by atoms with Crippen molar-refractivity contribution < 1.29 is 24.5 Å². The molecule has 0 aliphatic carbocycles. The van der Waals surface area contributed by atoms with E-state index in [0.717, 1.165) is 44.5 Å². The second kappa shape index (κ2) is 12.4. The van der Waals surface area contributed by atoms with E-state index < -0.39 is 0 Å². The number of hydrogen-bond donors (Lipinski definition) is 0. The van der Waals surface area contributed by atoms with Crippen LogP contribution in [0.2, 0.25) is 0 Å².